The SMILES string of the molecule is CCNC(=O)[C@@H](C)OC(=O)c1ccc(S(=O)(=O)N(C)C)cc1. The minimum absolute atomic E-state index is 0.0748. The van der Waals surface area contributed by atoms with E-state index in [2.05, 4.69) is 5.32 Å². The number of nitrogens with zero attached hydrogens (tertiary/aromatic N) is 1. The highest BCUT2D eigenvalue weighted by molar-refractivity contribution is 7.89. The van der Waals surface area contributed by atoms with Crippen LogP contribution in [0.25, 0.3) is 0 Å². The molecule has 1 N–H and O–H groups in total. The Morgan fingerprint density at radius 3 is 2.23 bits per heavy atom. The molecule has 0 bridgehead atoms. The van der Waals surface area contributed by atoms with Crippen LogP contribution < -0.4 is 5.32 Å². The third-order valence-corrected chi connectivity index (χ3v) is 4.70. The quantitative estimate of drug-likeness (QED) is 0.773. The lowest BCUT2D eigenvalue weighted by Gasteiger charge is -2.13. The third-order valence-electron chi connectivity index (χ3n) is 2.87. The molecule has 0 aliphatic heterocycles. The molecule has 22 heavy (non-hydrogen) atoms. The van der Waals surface area contributed by atoms with Crippen molar-refractivity contribution in [3.8, 4) is 0 Å². The number of likely N-dealkylation sites (N-methyl/N-ethyl adjacent to an activating group) is 1. The summed E-state index contributed by atoms with van der Waals surface area (Å²) in [5.41, 5.74) is 0.175. The van der Waals surface area contributed by atoms with Crippen LogP contribution in [0, 0.1) is 0 Å². The molecule has 1 aromatic rings. The van der Waals surface area contributed by atoms with Crippen molar-refractivity contribution < 1.29 is 22.7 Å². The molecule has 1 atom stereocenters. The average molecular weight is 328 g/mol. The van der Waals surface area contributed by atoms with E-state index in [4.69, 9.17) is 4.74 Å². The number of nitrogens with one attached hydrogen (secondary N) is 1. The number of ether oxygens (including phenoxy) is 1. The molecule has 7 nitrogen and oxygen atoms in total. The highest BCUT2D eigenvalue weighted by Gasteiger charge is 2.20. The van der Waals surface area contributed by atoms with E-state index in [1.54, 1.807) is 6.92 Å². The largest absolute Gasteiger partial charge is 0.449 e. The van der Waals surface area contributed by atoms with E-state index in [0.29, 0.717) is 6.54 Å². The second-order valence-corrected chi connectivity index (χ2v) is 6.91. The van der Waals surface area contributed by atoms with Crippen molar-refractivity contribution in [3.63, 3.8) is 0 Å². The lowest BCUT2D eigenvalue weighted by atomic mass is 10.2. The van der Waals surface area contributed by atoms with Crippen LogP contribution in [0.1, 0.15) is 24.2 Å². The van der Waals surface area contributed by atoms with Crippen molar-refractivity contribution in [2.45, 2.75) is 24.8 Å². The lowest BCUT2D eigenvalue weighted by Crippen LogP contribution is -2.35. The van der Waals surface area contributed by atoms with Gasteiger partial charge in [-0.15, -0.1) is 0 Å². The standard InChI is InChI=1S/C14H20N2O5S/c1-5-15-13(17)10(2)21-14(18)11-6-8-12(9-7-11)22(19,20)16(3)4/h6-10H,5H2,1-4H3,(H,15,17)/t10-/m1/s1. The first-order valence-electron chi connectivity index (χ1n) is 6.71. The van der Waals surface area contributed by atoms with Crippen LogP contribution in [-0.4, -0.2) is 51.3 Å². The van der Waals surface area contributed by atoms with E-state index in [1.165, 1.54) is 45.3 Å². The normalized spacial score (nSPS) is 12.8. The minimum atomic E-state index is -3.55. The smallest absolute Gasteiger partial charge is 0.338 e. The fourth-order valence-corrected chi connectivity index (χ4v) is 2.48. The fraction of sp³-hybridized carbons (Fsp3) is 0.429. The number of hydrogen-bond acceptors (Lipinski definition) is 5. The summed E-state index contributed by atoms with van der Waals surface area (Å²) in [6, 6.07) is 5.34. The van der Waals surface area contributed by atoms with Gasteiger partial charge in [-0.05, 0) is 38.1 Å². The zero-order valence-corrected chi connectivity index (χ0v) is 13.8. The number of carbonyl (C=O) groups excluding carboxylic acids is 2. The Morgan fingerprint density at radius 1 is 1.23 bits per heavy atom. The van der Waals surface area contributed by atoms with Gasteiger partial charge >= 0.3 is 5.97 Å². The molecule has 8 heteroatoms. The van der Waals surface area contributed by atoms with Crippen molar-refractivity contribution in [3.05, 3.63) is 29.8 Å². The van der Waals surface area contributed by atoms with E-state index < -0.39 is 22.1 Å². The van der Waals surface area contributed by atoms with E-state index in [0.717, 1.165) is 4.31 Å². The number of amides is 1. The molecule has 0 spiro atoms. The molecule has 0 aromatic heterocycles. The molecule has 0 unspecified atom stereocenters. The molecular weight excluding hydrogens is 308 g/mol. The average Bonchev–Trinajstić information content (AvgIpc) is 2.47. The van der Waals surface area contributed by atoms with Gasteiger partial charge in [-0.1, -0.05) is 0 Å². The number of esters is 1. The van der Waals surface area contributed by atoms with Crippen LogP contribution in [0.2, 0.25) is 0 Å². The molecule has 1 rings (SSSR count). The van der Waals surface area contributed by atoms with E-state index in [1.807, 2.05) is 0 Å². The van der Waals surface area contributed by atoms with Crippen LogP contribution >= 0.6 is 0 Å². The Labute approximate surface area is 130 Å². The fourth-order valence-electron chi connectivity index (χ4n) is 1.57. The molecule has 0 heterocycles. The second-order valence-electron chi connectivity index (χ2n) is 4.75. The zero-order chi connectivity index (χ0) is 16.9. The summed E-state index contributed by atoms with van der Waals surface area (Å²) in [6.07, 6.45) is -0.919. The van der Waals surface area contributed by atoms with Crippen LogP contribution in [0.5, 0.6) is 0 Å². The summed E-state index contributed by atoms with van der Waals surface area (Å²) in [6.45, 7) is 3.67. The van der Waals surface area contributed by atoms with Gasteiger partial charge in [-0.25, -0.2) is 17.5 Å². The third kappa shape index (κ3) is 4.28. The molecule has 1 aromatic carbocycles. The van der Waals surface area contributed by atoms with Gasteiger partial charge in [-0.3, -0.25) is 4.79 Å². The molecule has 0 fully saturated rings. The van der Waals surface area contributed by atoms with E-state index in [-0.39, 0.29) is 16.4 Å². The molecule has 0 radical (unpaired) electrons. The molecule has 0 saturated heterocycles. The predicted octanol–water partition coefficient (Wildman–Crippen LogP) is 0.618. The van der Waals surface area contributed by atoms with Crippen molar-refractivity contribution in [1.29, 1.82) is 0 Å². The highest BCUT2D eigenvalue weighted by Crippen LogP contribution is 2.15. The number of rotatable bonds is 6. The molecule has 0 saturated carbocycles. The molecule has 0 aliphatic carbocycles. The summed E-state index contributed by atoms with van der Waals surface area (Å²) < 4.78 is 29.9. The summed E-state index contributed by atoms with van der Waals surface area (Å²) in [5.74, 6) is -1.07. The summed E-state index contributed by atoms with van der Waals surface area (Å²) in [7, 11) is -0.702. The summed E-state index contributed by atoms with van der Waals surface area (Å²) in [5, 5.41) is 2.54. The van der Waals surface area contributed by atoms with Gasteiger partial charge in [0.2, 0.25) is 10.0 Å². The van der Waals surface area contributed by atoms with Gasteiger partial charge in [-0.2, -0.15) is 0 Å². The van der Waals surface area contributed by atoms with Crippen molar-refractivity contribution >= 4 is 21.9 Å². The first-order valence-corrected chi connectivity index (χ1v) is 8.15. The maximum atomic E-state index is 11.9. The number of carbonyl (C=O) groups is 2. The van der Waals surface area contributed by atoms with Crippen LogP contribution in [0.3, 0.4) is 0 Å². The Kier molecular flexibility index (Phi) is 6.07. The summed E-state index contributed by atoms with van der Waals surface area (Å²) in [4.78, 5) is 23.5. The van der Waals surface area contributed by atoms with Crippen LogP contribution in [0.15, 0.2) is 29.2 Å². The first-order chi connectivity index (χ1) is 10.2. The van der Waals surface area contributed by atoms with Crippen LogP contribution in [-0.2, 0) is 19.6 Å². The Bertz CT molecular complexity index is 638. The van der Waals surface area contributed by atoms with Gasteiger partial charge in [0.15, 0.2) is 6.10 Å². The van der Waals surface area contributed by atoms with Crippen molar-refractivity contribution in [1.82, 2.24) is 9.62 Å². The molecular formula is C14H20N2O5S. The van der Waals surface area contributed by atoms with Crippen molar-refractivity contribution in [2.75, 3.05) is 20.6 Å². The zero-order valence-electron chi connectivity index (χ0n) is 13.0. The van der Waals surface area contributed by atoms with E-state index in [9.17, 15) is 18.0 Å². The predicted molar refractivity (Wildman–Crippen MR) is 80.9 cm³/mol. The maximum absolute atomic E-state index is 11.9. The monoisotopic (exact) mass is 328 g/mol. The van der Waals surface area contributed by atoms with Gasteiger partial charge in [0.05, 0.1) is 10.5 Å². The van der Waals surface area contributed by atoms with Gasteiger partial charge < -0.3 is 10.1 Å². The van der Waals surface area contributed by atoms with Gasteiger partial charge in [0, 0.05) is 20.6 Å². The van der Waals surface area contributed by atoms with Gasteiger partial charge in [0.1, 0.15) is 0 Å². The summed E-state index contributed by atoms with van der Waals surface area (Å²) >= 11 is 0. The number of sulfonamides is 1. The molecule has 122 valence electrons. The Hall–Kier alpha value is -1.93. The highest BCUT2D eigenvalue weighted by atomic mass is 32.2. The van der Waals surface area contributed by atoms with Crippen LogP contribution in [0.4, 0.5) is 0 Å². The Morgan fingerprint density at radius 2 is 1.77 bits per heavy atom. The van der Waals surface area contributed by atoms with Crippen molar-refractivity contribution in [2.24, 2.45) is 0 Å². The van der Waals surface area contributed by atoms with E-state index >= 15 is 0 Å². The second kappa shape index (κ2) is 7.37. The lowest BCUT2D eigenvalue weighted by molar-refractivity contribution is -0.128. The maximum Gasteiger partial charge on any atom is 0.338 e. The minimum Gasteiger partial charge on any atom is -0.449 e. The topological polar surface area (TPSA) is 92.8 Å². The molecule has 1 amide bonds. The van der Waals surface area contributed by atoms with Gasteiger partial charge in [0.25, 0.3) is 5.91 Å². The Balaban J connectivity index is 2.83. The molecule has 0 aliphatic rings. The number of hydrogen-bond donors (Lipinski definition) is 1. The first kappa shape index (κ1) is 18.1. The number of benzene rings is 1.